The summed E-state index contributed by atoms with van der Waals surface area (Å²) in [5.41, 5.74) is 6.66. The zero-order valence-corrected chi connectivity index (χ0v) is 12.8. The van der Waals surface area contributed by atoms with Gasteiger partial charge in [0.15, 0.2) is 17.5 Å². The Balaban J connectivity index is 2.24. The maximum absolute atomic E-state index is 13.7. The molecule has 2 rings (SSSR count). The zero-order chi connectivity index (χ0) is 15.6. The van der Waals surface area contributed by atoms with Gasteiger partial charge in [-0.1, -0.05) is 12.1 Å². The van der Waals surface area contributed by atoms with Crippen LogP contribution < -0.4 is 10.5 Å². The molecular weight excluding hydrogens is 347 g/mol. The molecule has 0 aliphatic heterocycles. The van der Waals surface area contributed by atoms with Crippen LogP contribution in [0.3, 0.4) is 0 Å². The van der Waals surface area contributed by atoms with Crippen molar-refractivity contribution < 1.29 is 17.9 Å². The van der Waals surface area contributed by atoms with E-state index >= 15 is 0 Å². The van der Waals surface area contributed by atoms with E-state index in [-0.39, 0.29) is 12.0 Å². The number of methoxy groups -OCH3 is 1. The van der Waals surface area contributed by atoms with Gasteiger partial charge in [-0.15, -0.1) is 0 Å². The van der Waals surface area contributed by atoms with Crippen LogP contribution in [0.1, 0.15) is 17.2 Å². The van der Waals surface area contributed by atoms with Crippen LogP contribution in [0.4, 0.5) is 13.2 Å². The molecule has 2 aromatic carbocycles. The van der Waals surface area contributed by atoms with Gasteiger partial charge in [-0.05, 0) is 46.1 Å². The third-order valence-electron chi connectivity index (χ3n) is 3.14. The molecule has 0 aliphatic carbocycles. The normalized spacial score (nSPS) is 12.3. The molecule has 2 aromatic rings. The lowest BCUT2D eigenvalue weighted by Crippen LogP contribution is -2.16. The summed E-state index contributed by atoms with van der Waals surface area (Å²) in [5, 5.41) is 0. The van der Waals surface area contributed by atoms with E-state index < -0.39 is 23.5 Å². The van der Waals surface area contributed by atoms with E-state index in [0.29, 0.717) is 5.75 Å². The highest BCUT2D eigenvalue weighted by molar-refractivity contribution is 9.10. The van der Waals surface area contributed by atoms with Gasteiger partial charge in [-0.2, -0.15) is 0 Å². The average Bonchev–Trinajstić information content (AvgIpc) is 2.45. The molecule has 21 heavy (non-hydrogen) atoms. The first-order valence-electron chi connectivity index (χ1n) is 6.15. The Morgan fingerprint density at radius 2 is 1.86 bits per heavy atom. The van der Waals surface area contributed by atoms with E-state index in [0.717, 1.165) is 22.2 Å². The van der Waals surface area contributed by atoms with Crippen molar-refractivity contribution in [2.24, 2.45) is 5.73 Å². The van der Waals surface area contributed by atoms with Crippen molar-refractivity contribution in [1.82, 2.24) is 0 Å². The molecule has 0 aliphatic rings. The first kappa shape index (κ1) is 15.9. The van der Waals surface area contributed by atoms with Crippen molar-refractivity contribution in [3.63, 3.8) is 0 Å². The van der Waals surface area contributed by atoms with Crippen LogP contribution in [0, 0.1) is 17.5 Å². The summed E-state index contributed by atoms with van der Waals surface area (Å²) in [5.74, 6) is -3.31. The van der Waals surface area contributed by atoms with E-state index in [2.05, 4.69) is 15.9 Å². The van der Waals surface area contributed by atoms with Crippen LogP contribution in [0.5, 0.6) is 5.75 Å². The fourth-order valence-corrected chi connectivity index (χ4v) is 2.62. The number of hydrogen-bond acceptors (Lipinski definition) is 2. The Bertz CT molecular complexity index is 664. The van der Waals surface area contributed by atoms with E-state index in [1.54, 1.807) is 25.3 Å². The minimum absolute atomic E-state index is 0.0548. The molecule has 0 aromatic heterocycles. The summed E-state index contributed by atoms with van der Waals surface area (Å²) in [7, 11) is 1.54. The van der Waals surface area contributed by atoms with Gasteiger partial charge in [0, 0.05) is 11.6 Å². The summed E-state index contributed by atoms with van der Waals surface area (Å²) >= 11 is 3.34. The highest BCUT2D eigenvalue weighted by Gasteiger charge is 2.18. The molecule has 0 bridgehead atoms. The zero-order valence-electron chi connectivity index (χ0n) is 11.2. The smallest absolute Gasteiger partial charge is 0.194 e. The van der Waals surface area contributed by atoms with Gasteiger partial charge < -0.3 is 10.5 Å². The third-order valence-corrected chi connectivity index (χ3v) is 3.76. The second kappa shape index (κ2) is 6.49. The van der Waals surface area contributed by atoms with Crippen LogP contribution in [0.25, 0.3) is 0 Å². The number of nitrogens with two attached hydrogens (primary N) is 1. The predicted octanol–water partition coefficient (Wildman–Crippen LogP) is 4.12. The SMILES string of the molecule is COc1ccc(CC(N)c2ccc(F)c(F)c2F)cc1Br. The fourth-order valence-electron chi connectivity index (χ4n) is 2.03. The number of rotatable bonds is 4. The van der Waals surface area contributed by atoms with Gasteiger partial charge in [-0.25, -0.2) is 13.2 Å². The van der Waals surface area contributed by atoms with E-state index in [9.17, 15) is 13.2 Å². The number of hydrogen-bond donors (Lipinski definition) is 1. The molecule has 1 atom stereocenters. The minimum atomic E-state index is -1.50. The van der Waals surface area contributed by atoms with E-state index in [1.165, 1.54) is 0 Å². The average molecular weight is 360 g/mol. The topological polar surface area (TPSA) is 35.2 Å². The lowest BCUT2D eigenvalue weighted by Gasteiger charge is -2.14. The summed E-state index contributed by atoms with van der Waals surface area (Å²) < 4.78 is 45.7. The molecular formula is C15H13BrF3NO. The molecule has 0 radical (unpaired) electrons. The Morgan fingerprint density at radius 3 is 2.48 bits per heavy atom. The monoisotopic (exact) mass is 359 g/mol. The van der Waals surface area contributed by atoms with Gasteiger partial charge in [-0.3, -0.25) is 0 Å². The Labute approximate surface area is 128 Å². The molecule has 1 unspecified atom stereocenters. The standard InChI is InChI=1S/C15H13BrF3NO/c1-21-13-5-2-8(6-10(13)16)7-12(20)9-3-4-11(17)15(19)14(9)18/h2-6,12H,7,20H2,1H3. The van der Waals surface area contributed by atoms with Gasteiger partial charge >= 0.3 is 0 Å². The second-order valence-electron chi connectivity index (χ2n) is 4.54. The van der Waals surface area contributed by atoms with Crippen molar-refractivity contribution in [2.45, 2.75) is 12.5 Å². The van der Waals surface area contributed by atoms with Crippen LogP contribution in [0.15, 0.2) is 34.8 Å². The first-order valence-corrected chi connectivity index (χ1v) is 6.94. The molecule has 2 nitrogen and oxygen atoms in total. The third kappa shape index (κ3) is 3.39. The van der Waals surface area contributed by atoms with Crippen LogP contribution >= 0.6 is 15.9 Å². The summed E-state index contributed by atoms with van der Waals surface area (Å²) in [6.45, 7) is 0. The molecule has 6 heteroatoms. The largest absolute Gasteiger partial charge is 0.496 e. The molecule has 0 saturated heterocycles. The van der Waals surface area contributed by atoms with Crippen molar-refractivity contribution in [2.75, 3.05) is 7.11 Å². The van der Waals surface area contributed by atoms with Crippen LogP contribution in [-0.4, -0.2) is 7.11 Å². The van der Waals surface area contributed by atoms with Crippen molar-refractivity contribution in [3.8, 4) is 5.75 Å². The number of halogens is 4. The lowest BCUT2D eigenvalue weighted by atomic mass is 9.99. The van der Waals surface area contributed by atoms with Crippen LogP contribution in [0.2, 0.25) is 0 Å². The Hall–Kier alpha value is -1.53. The first-order chi connectivity index (χ1) is 9.93. The maximum atomic E-state index is 13.7. The van der Waals surface area contributed by atoms with E-state index in [1.807, 2.05) is 0 Å². The van der Waals surface area contributed by atoms with E-state index in [4.69, 9.17) is 10.5 Å². The second-order valence-corrected chi connectivity index (χ2v) is 5.40. The van der Waals surface area contributed by atoms with Crippen molar-refractivity contribution >= 4 is 15.9 Å². The minimum Gasteiger partial charge on any atom is -0.496 e. The fraction of sp³-hybridized carbons (Fsp3) is 0.200. The molecule has 0 saturated carbocycles. The molecule has 0 fully saturated rings. The highest BCUT2D eigenvalue weighted by atomic mass is 79.9. The summed E-state index contributed by atoms with van der Waals surface area (Å²) in [6, 6.07) is 6.57. The number of ether oxygens (including phenoxy) is 1. The van der Waals surface area contributed by atoms with Gasteiger partial charge in [0.25, 0.3) is 0 Å². The molecule has 0 spiro atoms. The molecule has 2 N–H and O–H groups in total. The van der Waals surface area contributed by atoms with Gasteiger partial charge in [0.2, 0.25) is 0 Å². The quantitative estimate of drug-likeness (QED) is 0.833. The Kier molecular flexibility index (Phi) is 4.90. The summed E-state index contributed by atoms with van der Waals surface area (Å²) in [6.07, 6.45) is 0.282. The summed E-state index contributed by atoms with van der Waals surface area (Å²) in [4.78, 5) is 0. The van der Waals surface area contributed by atoms with Gasteiger partial charge in [0.1, 0.15) is 5.75 Å². The molecule has 112 valence electrons. The van der Waals surface area contributed by atoms with Crippen LogP contribution in [-0.2, 0) is 6.42 Å². The Morgan fingerprint density at radius 1 is 1.14 bits per heavy atom. The predicted molar refractivity (Wildman–Crippen MR) is 77.6 cm³/mol. The molecule has 0 amide bonds. The van der Waals surface area contributed by atoms with Crippen molar-refractivity contribution in [1.29, 1.82) is 0 Å². The highest BCUT2D eigenvalue weighted by Crippen LogP contribution is 2.28. The molecule has 0 heterocycles. The van der Waals surface area contributed by atoms with Crippen molar-refractivity contribution in [3.05, 3.63) is 63.4 Å². The lowest BCUT2D eigenvalue weighted by molar-refractivity contribution is 0.412. The maximum Gasteiger partial charge on any atom is 0.194 e. The van der Waals surface area contributed by atoms with Gasteiger partial charge in [0.05, 0.1) is 11.6 Å². The number of benzene rings is 2.